The van der Waals surface area contributed by atoms with E-state index >= 15 is 0 Å². The average molecular weight is 1160 g/mol. The van der Waals surface area contributed by atoms with Crippen molar-refractivity contribution >= 4 is 19.8 Å². The van der Waals surface area contributed by atoms with Crippen molar-refractivity contribution in [3.05, 3.63) is 122 Å². The Bertz CT molecular complexity index is 1800. The maximum atomic E-state index is 12.9. The highest BCUT2D eigenvalue weighted by Crippen LogP contribution is 2.43. The minimum absolute atomic E-state index is 0.0255. The number of quaternary nitrogens is 1. The molecule has 0 aromatic carbocycles. The molecule has 0 aliphatic carbocycles. The minimum atomic E-state index is -4.40. The van der Waals surface area contributed by atoms with E-state index in [9.17, 15) is 19.0 Å². The summed E-state index contributed by atoms with van der Waals surface area (Å²) in [6, 6.07) is 0. The Morgan fingerprint density at radius 1 is 0.390 bits per heavy atom. The molecule has 9 nitrogen and oxygen atoms in total. The van der Waals surface area contributed by atoms with Gasteiger partial charge < -0.3 is 18.9 Å². The van der Waals surface area contributed by atoms with Crippen molar-refractivity contribution in [2.45, 2.75) is 277 Å². The molecule has 0 spiro atoms. The van der Waals surface area contributed by atoms with E-state index in [2.05, 4.69) is 135 Å². The van der Waals surface area contributed by atoms with Gasteiger partial charge in [-0.05, 0) is 109 Å². The molecule has 0 fully saturated rings. The van der Waals surface area contributed by atoms with Gasteiger partial charge in [-0.25, -0.2) is 4.57 Å². The number of carbonyl (C=O) groups excluding carboxylic acids is 2. The normalized spacial score (nSPS) is 14.0. The molecular weight excluding hydrogens is 1040 g/mol. The van der Waals surface area contributed by atoms with Gasteiger partial charge in [-0.15, -0.1) is 0 Å². The van der Waals surface area contributed by atoms with Gasteiger partial charge in [-0.2, -0.15) is 0 Å². The maximum absolute atomic E-state index is 12.9. The molecule has 0 heterocycles. The molecule has 0 rings (SSSR count). The van der Waals surface area contributed by atoms with Crippen molar-refractivity contribution in [1.82, 2.24) is 0 Å². The van der Waals surface area contributed by atoms with E-state index in [1.165, 1.54) is 128 Å². The summed E-state index contributed by atoms with van der Waals surface area (Å²) in [5, 5.41) is 0. The summed E-state index contributed by atoms with van der Waals surface area (Å²) in [4.78, 5) is 35.8. The SMILES string of the molecule is CC/C=C\C/C=C\C/C=C\C/C=C\C/C=C\C/C=C\C/C=C\CCCCCCCCCCCCCCCCCCCC(=O)OC(COC(=O)CCCCCCCC/C=C\C/C=C\C/C=C\CCCCC)COP(=O)(O)OCC[N+](C)(C)C. The van der Waals surface area contributed by atoms with Crippen LogP contribution in [0.5, 0.6) is 0 Å². The molecular formula is C72H125NO8P+. The Morgan fingerprint density at radius 3 is 1.04 bits per heavy atom. The van der Waals surface area contributed by atoms with Crippen LogP contribution in [0, 0.1) is 0 Å². The molecule has 1 N–H and O–H groups in total. The van der Waals surface area contributed by atoms with Crippen LogP contribution in [0.4, 0.5) is 0 Å². The first-order valence-electron chi connectivity index (χ1n) is 33.3. The first-order chi connectivity index (χ1) is 40.0. The van der Waals surface area contributed by atoms with Gasteiger partial charge >= 0.3 is 19.8 Å². The van der Waals surface area contributed by atoms with Crippen LogP contribution in [0.1, 0.15) is 271 Å². The van der Waals surface area contributed by atoms with Crippen LogP contribution in [0.25, 0.3) is 0 Å². The summed E-state index contributed by atoms with van der Waals surface area (Å²) in [7, 11) is 1.46. The van der Waals surface area contributed by atoms with Crippen LogP contribution in [0.15, 0.2) is 122 Å². The lowest BCUT2D eigenvalue weighted by atomic mass is 10.0. The van der Waals surface area contributed by atoms with Crippen molar-refractivity contribution < 1.29 is 42.1 Å². The summed E-state index contributed by atoms with van der Waals surface area (Å²) in [6.07, 6.45) is 88.6. The zero-order valence-corrected chi connectivity index (χ0v) is 54.3. The number of hydrogen-bond acceptors (Lipinski definition) is 7. The molecule has 0 saturated carbocycles. The molecule has 0 aromatic rings. The second kappa shape index (κ2) is 62.0. The molecule has 0 saturated heterocycles. The van der Waals surface area contributed by atoms with E-state index < -0.39 is 26.5 Å². The first kappa shape index (κ1) is 78.4. The molecule has 10 heteroatoms. The third-order valence-electron chi connectivity index (χ3n) is 14.0. The Morgan fingerprint density at radius 2 is 0.695 bits per heavy atom. The van der Waals surface area contributed by atoms with Gasteiger partial charge in [-0.1, -0.05) is 270 Å². The van der Waals surface area contributed by atoms with Crippen molar-refractivity contribution in [3.63, 3.8) is 0 Å². The minimum Gasteiger partial charge on any atom is -0.462 e. The molecule has 0 aromatic heterocycles. The van der Waals surface area contributed by atoms with Crippen LogP contribution in [-0.4, -0.2) is 74.9 Å². The van der Waals surface area contributed by atoms with Crippen LogP contribution in [0.2, 0.25) is 0 Å². The average Bonchev–Trinajstić information content (AvgIpc) is 3.46. The number of ether oxygens (including phenoxy) is 2. The van der Waals surface area contributed by atoms with E-state index in [0.717, 1.165) is 109 Å². The van der Waals surface area contributed by atoms with E-state index in [1.54, 1.807) is 0 Å². The van der Waals surface area contributed by atoms with Crippen molar-refractivity contribution in [2.24, 2.45) is 0 Å². The Hall–Kier alpha value is -3.59. The summed E-state index contributed by atoms with van der Waals surface area (Å²) < 4.78 is 34.6. The summed E-state index contributed by atoms with van der Waals surface area (Å²) in [5.41, 5.74) is 0. The number of unbranched alkanes of at least 4 members (excludes halogenated alkanes) is 26. The third kappa shape index (κ3) is 65.6. The summed E-state index contributed by atoms with van der Waals surface area (Å²) in [6.45, 7) is 4.28. The number of hydrogen-bond donors (Lipinski definition) is 1. The highest BCUT2D eigenvalue weighted by Gasteiger charge is 2.27. The van der Waals surface area contributed by atoms with Crippen LogP contribution < -0.4 is 0 Å². The van der Waals surface area contributed by atoms with E-state index in [4.69, 9.17) is 18.5 Å². The number of esters is 2. The smallest absolute Gasteiger partial charge is 0.462 e. The standard InChI is InChI=1S/C72H124NO8P/c1-6-8-10-12-14-16-18-20-22-24-26-27-28-29-30-31-32-33-34-35-36-37-38-39-40-41-42-43-44-45-47-49-51-53-55-57-59-61-63-65-72(75)81-70(69-80-82(76,77)79-67-66-73(3,4)5)68-78-71(74)64-62-60-58-56-54-52-50-48-46-25-23-21-19-17-15-13-11-9-7-2/h8,10,14-17,20-23,26-27,29-30,32-33,35-36,46,48,70H,6-7,9,11-13,18-19,24-25,28,31,34,37-45,47,49-69H2,1-5H3/p+1/b10-8-,16-14-,17-15-,22-20-,23-21-,27-26-,30-29-,33-32-,36-35-,48-46-. The van der Waals surface area contributed by atoms with Gasteiger partial charge in [0, 0.05) is 12.8 Å². The number of allylic oxidation sites excluding steroid dienone is 20. The fourth-order valence-electron chi connectivity index (χ4n) is 8.89. The lowest BCUT2D eigenvalue weighted by Gasteiger charge is -2.24. The van der Waals surface area contributed by atoms with Gasteiger partial charge in [0.1, 0.15) is 19.8 Å². The van der Waals surface area contributed by atoms with Crippen LogP contribution in [0.3, 0.4) is 0 Å². The highest BCUT2D eigenvalue weighted by atomic mass is 31.2. The van der Waals surface area contributed by atoms with Crippen LogP contribution >= 0.6 is 7.82 Å². The third-order valence-corrected chi connectivity index (χ3v) is 15.0. The molecule has 2 unspecified atom stereocenters. The zero-order valence-electron chi connectivity index (χ0n) is 53.4. The zero-order chi connectivity index (χ0) is 59.8. The van der Waals surface area contributed by atoms with Gasteiger partial charge in [0.05, 0.1) is 27.7 Å². The molecule has 2 atom stereocenters. The highest BCUT2D eigenvalue weighted by molar-refractivity contribution is 7.47. The number of nitrogens with zero attached hydrogens (tertiary/aromatic N) is 1. The Balaban J connectivity index is 4.03. The molecule has 0 aliphatic heterocycles. The monoisotopic (exact) mass is 1160 g/mol. The molecule has 0 bridgehead atoms. The molecule has 82 heavy (non-hydrogen) atoms. The predicted molar refractivity (Wildman–Crippen MR) is 353 cm³/mol. The number of carbonyl (C=O) groups is 2. The molecule has 0 aliphatic rings. The second-order valence-electron chi connectivity index (χ2n) is 23.1. The van der Waals surface area contributed by atoms with Crippen molar-refractivity contribution in [2.75, 3.05) is 47.5 Å². The van der Waals surface area contributed by atoms with Gasteiger partial charge in [0.2, 0.25) is 0 Å². The predicted octanol–water partition coefficient (Wildman–Crippen LogP) is 21.5. The van der Waals surface area contributed by atoms with Gasteiger partial charge in [0.25, 0.3) is 0 Å². The first-order valence-corrected chi connectivity index (χ1v) is 34.8. The Labute approximate surface area is 505 Å². The maximum Gasteiger partial charge on any atom is 0.472 e. The molecule has 0 radical (unpaired) electrons. The van der Waals surface area contributed by atoms with Crippen molar-refractivity contribution in [1.29, 1.82) is 0 Å². The summed E-state index contributed by atoms with van der Waals surface area (Å²) >= 11 is 0. The largest absolute Gasteiger partial charge is 0.472 e. The van der Waals surface area contributed by atoms with Gasteiger partial charge in [-0.3, -0.25) is 18.6 Å². The lowest BCUT2D eigenvalue weighted by Crippen LogP contribution is -2.37. The van der Waals surface area contributed by atoms with Gasteiger partial charge in [0.15, 0.2) is 6.10 Å². The molecule has 470 valence electrons. The number of likely N-dealkylation sites (N-methyl/N-ethyl adjacent to an activating group) is 1. The topological polar surface area (TPSA) is 108 Å². The fraction of sp³-hybridized carbons (Fsp3) is 0.694. The quantitative estimate of drug-likeness (QED) is 0.0211. The van der Waals surface area contributed by atoms with E-state index in [1.807, 2.05) is 21.1 Å². The van der Waals surface area contributed by atoms with E-state index in [0.29, 0.717) is 17.4 Å². The number of phosphoric ester groups is 1. The van der Waals surface area contributed by atoms with Crippen molar-refractivity contribution in [3.8, 4) is 0 Å². The number of phosphoric acid groups is 1. The van der Waals surface area contributed by atoms with Crippen LogP contribution in [-0.2, 0) is 32.7 Å². The fourth-order valence-corrected chi connectivity index (χ4v) is 9.63. The van der Waals surface area contributed by atoms with E-state index in [-0.39, 0.29) is 32.0 Å². The summed E-state index contributed by atoms with van der Waals surface area (Å²) in [5.74, 6) is -0.811. The lowest BCUT2D eigenvalue weighted by molar-refractivity contribution is -0.870. The second-order valence-corrected chi connectivity index (χ2v) is 24.6. The Kier molecular flexibility index (Phi) is 59.2. The number of rotatable bonds is 60. The molecule has 0 amide bonds.